The van der Waals surface area contributed by atoms with Crippen molar-refractivity contribution in [2.45, 2.75) is 26.4 Å². The maximum absolute atomic E-state index is 12.3. The van der Waals surface area contributed by atoms with E-state index < -0.39 is 6.10 Å². The fourth-order valence-corrected chi connectivity index (χ4v) is 3.01. The second-order valence-corrected chi connectivity index (χ2v) is 6.26. The molecule has 0 radical (unpaired) electrons. The number of rotatable bonds is 5. The van der Waals surface area contributed by atoms with Crippen molar-refractivity contribution in [3.05, 3.63) is 65.9 Å². The van der Waals surface area contributed by atoms with Crippen LogP contribution in [0.25, 0.3) is 22.0 Å². The topological polar surface area (TPSA) is 62.2 Å². The predicted octanol–water partition coefficient (Wildman–Crippen LogP) is 3.25. The number of hydrogen-bond donors (Lipinski definition) is 2. The van der Waals surface area contributed by atoms with Crippen molar-refractivity contribution in [3.8, 4) is 11.1 Å². The molecule has 0 spiro atoms. The van der Waals surface area contributed by atoms with E-state index in [0.29, 0.717) is 0 Å². The van der Waals surface area contributed by atoms with Gasteiger partial charge in [-0.3, -0.25) is 9.78 Å². The molecule has 0 fully saturated rings. The molecule has 25 heavy (non-hydrogen) atoms. The molecule has 1 unspecified atom stereocenters. The van der Waals surface area contributed by atoms with E-state index in [4.69, 9.17) is 0 Å². The number of para-hydroxylation sites is 1. The summed E-state index contributed by atoms with van der Waals surface area (Å²) in [5.74, 6) is -0.113. The third-order valence-electron chi connectivity index (χ3n) is 4.19. The van der Waals surface area contributed by atoms with Crippen LogP contribution in [0.15, 0.2) is 54.6 Å². The molecular weight excluding hydrogens is 312 g/mol. The summed E-state index contributed by atoms with van der Waals surface area (Å²) < 4.78 is 0. The number of aliphatic hydroxyl groups is 1. The zero-order valence-electron chi connectivity index (χ0n) is 14.5. The summed E-state index contributed by atoms with van der Waals surface area (Å²) in [7, 11) is 0. The van der Waals surface area contributed by atoms with E-state index >= 15 is 0 Å². The summed E-state index contributed by atoms with van der Waals surface area (Å²) in [5.41, 5.74) is 4.82. The van der Waals surface area contributed by atoms with Gasteiger partial charge in [-0.2, -0.15) is 0 Å². The molecule has 0 saturated heterocycles. The van der Waals surface area contributed by atoms with Crippen LogP contribution in [0.5, 0.6) is 0 Å². The van der Waals surface area contributed by atoms with Gasteiger partial charge in [0, 0.05) is 17.6 Å². The number of nitrogens with zero attached hydrogens (tertiary/aromatic N) is 1. The lowest BCUT2D eigenvalue weighted by molar-refractivity contribution is -0.120. The molecule has 4 nitrogen and oxygen atoms in total. The van der Waals surface area contributed by atoms with E-state index in [0.717, 1.165) is 33.3 Å². The molecule has 1 atom stereocenters. The molecule has 128 valence electrons. The third kappa shape index (κ3) is 3.86. The Kier molecular flexibility index (Phi) is 5.10. The fraction of sp³-hybridized carbons (Fsp3) is 0.238. The Morgan fingerprint density at radius 2 is 1.80 bits per heavy atom. The van der Waals surface area contributed by atoms with Crippen LogP contribution in [0.2, 0.25) is 0 Å². The van der Waals surface area contributed by atoms with Crippen LogP contribution in [0.1, 0.15) is 18.2 Å². The first-order valence-corrected chi connectivity index (χ1v) is 8.44. The zero-order chi connectivity index (χ0) is 17.8. The number of benzene rings is 2. The van der Waals surface area contributed by atoms with Crippen LogP contribution in [0, 0.1) is 6.92 Å². The Morgan fingerprint density at radius 1 is 1.12 bits per heavy atom. The Labute approximate surface area is 147 Å². The quantitative estimate of drug-likeness (QED) is 0.753. The minimum absolute atomic E-state index is 0.113. The molecule has 0 saturated carbocycles. The first kappa shape index (κ1) is 17.1. The Balaban J connectivity index is 2.10. The van der Waals surface area contributed by atoms with Crippen molar-refractivity contribution in [1.82, 2.24) is 10.3 Å². The van der Waals surface area contributed by atoms with Crippen LogP contribution in [0.3, 0.4) is 0 Å². The number of aromatic nitrogens is 1. The molecule has 0 aliphatic rings. The van der Waals surface area contributed by atoms with Crippen LogP contribution < -0.4 is 5.32 Å². The number of carbonyl (C=O) groups is 1. The molecule has 3 aromatic rings. The van der Waals surface area contributed by atoms with E-state index in [-0.39, 0.29) is 18.9 Å². The standard InChI is InChI=1S/C21H22N2O2/c1-14(24)13-22-20(25)12-18-15(2)23-19-11-7-6-10-17(19)21(18)16-8-4-3-5-9-16/h3-11,14,24H,12-13H2,1-2H3,(H,22,25). The summed E-state index contributed by atoms with van der Waals surface area (Å²) >= 11 is 0. The maximum atomic E-state index is 12.3. The van der Waals surface area contributed by atoms with Gasteiger partial charge in [0.2, 0.25) is 5.91 Å². The van der Waals surface area contributed by atoms with Gasteiger partial charge in [0.1, 0.15) is 0 Å². The predicted molar refractivity (Wildman–Crippen MR) is 100 cm³/mol. The van der Waals surface area contributed by atoms with Gasteiger partial charge in [-0.1, -0.05) is 48.5 Å². The van der Waals surface area contributed by atoms with Gasteiger partial charge in [0.15, 0.2) is 0 Å². The highest BCUT2D eigenvalue weighted by Gasteiger charge is 2.17. The van der Waals surface area contributed by atoms with E-state index in [1.54, 1.807) is 6.92 Å². The Morgan fingerprint density at radius 3 is 2.52 bits per heavy atom. The minimum atomic E-state index is -0.562. The number of carbonyl (C=O) groups excluding carboxylic acids is 1. The lowest BCUT2D eigenvalue weighted by Crippen LogP contribution is -2.32. The molecule has 0 bridgehead atoms. The highest BCUT2D eigenvalue weighted by molar-refractivity contribution is 5.98. The lowest BCUT2D eigenvalue weighted by atomic mass is 9.92. The molecular formula is C21H22N2O2. The van der Waals surface area contributed by atoms with Gasteiger partial charge in [-0.15, -0.1) is 0 Å². The summed E-state index contributed by atoms with van der Waals surface area (Å²) in [5, 5.41) is 13.2. The monoisotopic (exact) mass is 334 g/mol. The number of fused-ring (bicyclic) bond motifs is 1. The largest absolute Gasteiger partial charge is 0.392 e. The van der Waals surface area contributed by atoms with Gasteiger partial charge in [-0.05, 0) is 36.6 Å². The van der Waals surface area contributed by atoms with Gasteiger partial charge in [-0.25, -0.2) is 0 Å². The molecule has 1 heterocycles. The lowest BCUT2D eigenvalue weighted by Gasteiger charge is -2.16. The maximum Gasteiger partial charge on any atom is 0.224 e. The Hall–Kier alpha value is -2.72. The molecule has 2 N–H and O–H groups in total. The van der Waals surface area contributed by atoms with Crippen LogP contribution in [-0.4, -0.2) is 28.6 Å². The second-order valence-electron chi connectivity index (χ2n) is 6.26. The van der Waals surface area contributed by atoms with E-state index in [1.165, 1.54) is 0 Å². The van der Waals surface area contributed by atoms with Crippen LogP contribution >= 0.6 is 0 Å². The number of aryl methyl sites for hydroxylation is 1. The van der Waals surface area contributed by atoms with Crippen LogP contribution in [0.4, 0.5) is 0 Å². The zero-order valence-corrected chi connectivity index (χ0v) is 14.5. The fourth-order valence-electron chi connectivity index (χ4n) is 3.01. The number of nitrogens with one attached hydrogen (secondary N) is 1. The highest BCUT2D eigenvalue weighted by Crippen LogP contribution is 2.33. The van der Waals surface area contributed by atoms with Gasteiger partial charge in [0.05, 0.1) is 18.0 Å². The third-order valence-corrected chi connectivity index (χ3v) is 4.19. The van der Waals surface area contributed by atoms with Crippen molar-refractivity contribution in [1.29, 1.82) is 0 Å². The summed E-state index contributed by atoms with van der Waals surface area (Å²) in [6.07, 6.45) is -0.325. The minimum Gasteiger partial charge on any atom is -0.392 e. The second kappa shape index (κ2) is 7.45. The summed E-state index contributed by atoms with van der Waals surface area (Å²) in [6.45, 7) is 3.84. The molecule has 0 aliphatic carbocycles. The molecule has 1 amide bonds. The average molecular weight is 334 g/mol. The van der Waals surface area contributed by atoms with Crippen molar-refractivity contribution in [3.63, 3.8) is 0 Å². The summed E-state index contributed by atoms with van der Waals surface area (Å²) in [6, 6.07) is 18.1. The Bertz CT molecular complexity index is 889. The summed E-state index contributed by atoms with van der Waals surface area (Å²) in [4.78, 5) is 17.0. The first-order chi connectivity index (χ1) is 12.1. The van der Waals surface area contributed by atoms with Crippen molar-refractivity contribution < 1.29 is 9.90 Å². The smallest absolute Gasteiger partial charge is 0.224 e. The van der Waals surface area contributed by atoms with Gasteiger partial charge < -0.3 is 10.4 Å². The van der Waals surface area contributed by atoms with Crippen molar-refractivity contribution in [2.75, 3.05) is 6.54 Å². The van der Waals surface area contributed by atoms with Crippen molar-refractivity contribution >= 4 is 16.8 Å². The number of hydrogen-bond acceptors (Lipinski definition) is 3. The van der Waals surface area contributed by atoms with Crippen molar-refractivity contribution in [2.24, 2.45) is 0 Å². The van der Waals surface area contributed by atoms with E-state index in [9.17, 15) is 9.90 Å². The van der Waals surface area contributed by atoms with Crippen LogP contribution in [-0.2, 0) is 11.2 Å². The SMILES string of the molecule is Cc1nc2ccccc2c(-c2ccccc2)c1CC(=O)NCC(C)O. The number of aliphatic hydroxyl groups excluding tert-OH is 1. The van der Waals surface area contributed by atoms with E-state index in [1.807, 2.05) is 49.4 Å². The first-order valence-electron chi connectivity index (χ1n) is 8.44. The number of amides is 1. The molecule has 3 rings (SSSR count). The van der Waals surface area contributed by atoms with Gasteiger partial charge >= 0.3 is 0 Å². The van der Waals surface area contributed by atoms with E-state index in [2.05, 4.69) is 22.4 Å². The molecule has 1 aromatic heterocycles. The highest BCUT2D eigenvalue weighted by atomic mass is 16.3. The van der Waals surface area contributed by atoms with Gasteiger partial charge in [0.25, 0.3) is 0 Å². The average Bonchev–Trinajstić information content (AvgIpc) is 2.61. The molecule has 4 heteroatoms. The number of pyridine rings is 1. The molecule has 0 aliphatic heterocycles. The normalized spacial score (nSPS) is 12.1. The molecule has 2 aromatic carbocycles.